The molecule has 3 rings (SSSR count). The Kier molecular flexibility index (Phi) is 8.82. The molecule has 0 radical (unpaired) electrons. The van der Waals surface area contributed by atoms with Crippen molar-refractivity contribution >= 4 is 40.8 Å². The fourth-order valence-electron chi connectivity index (χ4n) is 3.51. The summed E-state index contributed by atoms with van der Waals surface area (Å²) in [5.41, 5.74) is 2.09. The van der Waals surface area contributed by atoms with E-state index in [1.807, 2.05) is 6.20 Å². The van der Waals surface area contributed by atoms with Gasteiger partial charge >= 0.3 is 0 Å². The highest BCUT2D eigenvalue weighted by Crippen LogP contribution is 2.19. The van der Waals surface area contributed by atoms with E-state index in [1.54, 1.807) is 19.2 Å². The molecule has 0 amide bonds. The van der Waals surface area contributed by atoms with E-state index in [1.165, 1.54) is 32.0 Å². The second-order valence-electron chi connectivity index (χ2n) is 7.20. The van der Waals surface area contributed by atoms with Crippen molar-refractivity contribution in [2.24, 2.45) is 10.9 Å². The summed E-state index contributed by atoms with van der Waals surface area (Å²) in [6, 6.07) is 4.85. The molecule has 1 fully saturated rings. The summed E-state index contributed by atoms with van der Waals surface area (Å²) in [5, 5.41) is 7.68. The quantitative estimate of drug-likeness (QED) is 0.333. The predicted molar refractivity (Wildman–Crippen MR) is 122 cm³/mol. The molecular weight excluding hydrogens is 456 g/mol. The Morgan fingerprint density at radius 2 is 2.00 bits per heavy atom. The first-order chi connectivity index (χ1) is 12.7. The monoisotopic (exact) mass is 487 g/mol. The highest BCUT2D eigenvalue weighted by Gasteiger charge is 2.15. The maximum absolute atomic E-state index is 13.5. The Hall–Kier alpha value is -1.35. The average molecular weight is 487 g/mol. The number of nitrogens with zero attached hydrogens (tertiary/aromatic N) is 2. The van der Waals surface area contributed by atoms with Crippen LogP contribution in [0.3, 0.4) is 0 Å². The van der Waals surface area contributed by atoms with Crippen molar-refractivity contribution in [3.63, 3.8) is 0 Å². The highest BCUT2D eigenvalue weighted by molar-refractivity contribution is 14.0. The molecule has 3 N–H and O–H groups in total. The second kappa shape index (κ2) is 10.8. The molecule has 1 saturated heterocycles. The van der Waals surface area contributed by atoms with Crippen LogP contribution in [0, 0.1) is 11.7 Å². The molecule has 7 heteroatoms. The van der Waals surface area contributed by atoms with Crippen LogP contribution < -0.4 is 10.6 Å². The summed E-state index contributed by atoms with van der Waals surface area (Å²) in [4.78, 5) is 10.00. The lowest BCUT2D eigenvalue weighted by atomic mass is 9.99. The van der Waals surface area contributed by atoms with Crippen molar-refractivity contribution < 1.29 is 4.39 Å². The SMILES string of the molecule is CN=C(NCCc1c[nH]c2ccc(F)cc12)NCCN1CCC(C)CC1.I. The number of likely N-dealkylation sites (tertiary alicyclic amines) is 1. The first-order valence-electron chi connectivity index (χ1n) is 9.58. The number of fused-ring (bicyclic) bond motifs is 1. The van der Waals surface area contributed by atoms with Crippen molar-refractivity contribution in [1.82, 2.24) is 20.5 Å². The van der Waals surface area contributed by atoms with E-state index in [-0.39, 0.29) is 29.8 Å². The molecule has 1 aliphatic heterocycles. The number of nitrogens with one attached hydrogen (secondary N) is 3. The van der Waals surface area contributed by atoms with E-state index in [0.29, 0.717) is 0 Å². The van der Waals surface area contributed by atoms with E-state index in [4.69, 9.17) is 0 Å². The standard InChI is InChI=1S/C20H30FN5.HI/c1-15-6-10-26(11-7-15)12-9-24-20(22-2)23-8-5-16-14-25-19-4-3-17(21)13-18(16)19;/h3-4,13-15,25H,5-12H2,1-2H3,(H2,22,23,24);1H. The summed E-state index contributed by atoms with van der Waals surface area (Å²) in [6.07, 6.45) is 5.38. The van der Waals surface area contributed by atoms with Crippen LogP contribution in [-0.4, -0.2) is 55.6 Å². The number of benzene rings is 1. The lowest BCUT2D eigenvalue weighted by Crippen LogP contribution is -2.43. The van der Waals surface area contributed by atoms with Gasteiger partial charge in [0.25, 0.3) is 0 Å². The molecule has 150 valence electrons. The Bertz CT molecular complexity index is 737. The molecule has 27 heavy (non-hydrogen) atoms. The van der Waals surface area contributed by atoms with Crippen LogP contribution in [0.5, 0.6) is 0 Å². The number of aromatic nitrogens is 1. The van der Waals surface area contributed by atoms with Gasteiger partial charge in [-0.15, -0.1) is 24.0 Å². The number of hydrogen-bond acceptors (Lipinski definition) is 2. The molecule has 1 aromatic carbocycles. The maximum Gasteiger partial charge on any atom is 0.191 e. The molecule has 0 bridgehead atoms. The Morgan fingerprint density at radius 3 is 2.74 bits per heavy atom. The third-order valence-corrected chi connectivity index (χ3v) is 5.24. The van der Waals surface area contributed by atoms with Gasteiger partial charge in [0.15, 0.2) is 5.96 Å². The molecule has 2 heterocycles. The first-order valence-corrected chi connectivity index (χ1v) is 9.58. The molecule has 1 aliphatic rings. The minimum atomic E-state index is -0.198. The van der Waals surface area contributed by atoms with Gasteiger partial charge in [-0.1, -0.05) is 6.92 Å². The van der Waals surface area contributed by atoms with Gasteiger partial charge in [-0.25, -0.2) is 4.39 Å². The number of hydrogen-bond donors (Lipinski definition) is 3. The summed E-state index contributed by atoms with van der Waals surface area (Å²) in [6.45, 7) is 7.44. The third-order valence-electron chi connectivity index (χ3n) is 5.24. The van der Waals surface area contributed by atoms with Gasteiger partial charge in [-0.05, 0) is 62.0 Å². The number of H-pyrrole nitrogens is 1. The molecule has 0 spiro atoms. The lowest BCUT2D eigenvalue weighted by Gasteiger charge is -2.30. The molecule has 0 saturated carbocycles. The lowest BCUT2D eigenvalue weighted by molar-refractivity contribution is 0.195. The summed E-state index contributed by atoms with van der Waals surface area (Å²) in [7, 11) is 1.79. The third kappa shape index (κ3) is 6.34. The van der Waals surface area contributed by atoms with Gasteiger partial charge in [0.2, 0.25) is 0 Å². The van der Waals surface area contributed by atoms with Crippen molar-refractivity contribution in [1.29, 1.82) is 0 Å². The Balaban J connectivity index is 0.00000261. The molecule has 2 aromatic rings. The van der Waals surface area contributed by atoms with Crippen LogP contribution in [0.25, 0.3) is 10.9 Å². The first kappa shape index (κ1) is 21.9. The van der Waals surface area contributed by atoms with Crippen molar-refractivity contribution in [2.75, 3.05) is 39.8 Å². The molecule has 0 aliphatic carbocycles. The van der Waals surface area contributed by atoms with Crippen LogP contribution >= 0.6 is 24.0 Å². The zero-order valence-electron chi connectivity index (χ0n) is 16.2. The number of guanidine groups is 1. The van der Waals surface area contributed by atoms with Gasteiger partial charge in [0.1, 0.15) is 5.82 Å². The molecule has 5 nitrogen and oxygen atoms in total. The zero-order chi connectivity index (χ0) is 18.4. The summed E-state index contributed by atoms with van der Waals surface area (Å²) >= 11 is 0. The van der Waals surface area contributed by atoms with Crippen molar-refractivity contribution in [2.45, 2.75) is 26.2 Å². The van der Waals surface area contributed by atoms with E-state index < -0.39 is 0 Å². The van der Waals surface area contributed by atoms with Crippen molar-refractivity contribution in [3.8, 4) is 0 Å². The fourth-order valence-corrected chi connectivity index (χ4v) is 3.51. The van der Waals surface area contributed by atoms with E-state index in [9.17, 15) is 4.39 Å². The smallest absolute Gasteiger partial charge is 0.191 e. The predicted octanol–water partition coefficient (Wildman–Crippen LogP) is 3.36. The number of aromatic amines is 1. The zero-order valence-corrected chi connectivity index (χ0v) is 18.6. The Labute approximate surface area is 178 Å². The second-order valence-corrected chi connectivity index (χ2v) is 7.20. The van der Waals surface area contributed by atoms with Crippen LogP contribution in [0.1, 0.15) is 25.3 Å². The fraction of sp³-hybridized carbons (Fsp3) is 0.550. The summed E-state index contributed by atoms with van der Waals surface area (Å²) in [5.74, 6) is 1.49. The van der Waals surface area contributed by atoms with E-state index in [2.05, 4.69) is 32.4 Å². The average Bonchev–Trinajstić information content (AvgIpc) is 3.04. The van der Waals surface area contributed by atoms with Gasteiger partial charge < -0.3 is 20.5 Å². The Morgan fingerprint density at radius 1 is 1.26 bits per heavy atom. The van der Waals surface area contributed by atoms with Gasteiger partial charge in [0, 0.05) is 43.8 Å². The largest absolute Gasteiger partial charge is 0.361 e. The minimum Gasteiger partial charge on any atom is -0.361 e. The topological polar surface area (TPSA) is 55.5 Å². The van der Waals surface area contributed by atoms with Crippen LogP contribution in [-0.2, 0) is 6.42 Å². The van der Waals surface area contributed by atoms with Gasteiger partial charge in [-0.2, -0.15) is 0 Å². The van der Waals surface area contributed by atoms with Crippen LogP contribution in [0.15, 0.2) is 29.4 Å². The van der Waals surface area contributed by atoms with Gasteiger partial charge in [0.05, 0.1) is 0 Å². The number of piperidine rings is 1. The van der Waals surface area contributed by atoms with Gasteiger partial charge in [-0.3, -0.25) is 4.99 Å². The minimum absolute atomic E-state index is 0. The van der Waals surface area contributed by atoms with E-state index in [0.717, 1.165) is 54.4 Å². The highest BCUT2D eigenvalue weighted by atomic mass is 127. The van der Waals surface area contributed by atoms with Crippen LogP contribution in [0.4, 0.5) is 4.39 Å². The van der Waals surface area contributed by atoms with E-state index >= 15 is 0 Å². The molecule has 0 atom stereocenters. The molecule has 0 unspecified atom stereocenters. The van der Waals surface area contributed by atoms with Crippen LogP contribution in [0.2, 0.25) is 0 Å². The van der Waals surface area contributed by atoms with Crippen molar-refractivity contribution in [3.05, 3.63) is 35.8 Å². The number of rotatable bonds is 6. The number of halogens is 2. The maximum atomic E-state index is 13.5. The molecule has 1 aromatic heterocycles. The summed E-state index contributed by atoms with van der Waals surface area (Å²) < 4.78 is 13.5. The molecular formula is C20H31FIN5. The normalized spacial score (nSPS) is 16.3. The number of aliphatic imine (C=N–C) groups is 1.